The molecule has 1 aliphatic heterocycles. The number of phenolic OH excluding ortho intramolecular Hbond substituents is 1. The third kappa shape index (κ3) is 4.07. The van der Waals surface area contributed by atoms with Crippen LogP contribution >= 0.6 is 0 Å². The molecule has 0 spiro atoms. The molecule has 2 N–H and O–H groups in total. The topological polar surface area (TPSA) is 65.5 Å². The van der Waals surface area contributed by atoms with E-state index < -0.39 is 0 Å². The SMILES string of the molecule is O=C(Nc1ccccc1O)C1CCN(Cc2ccccn2)CC1. The van der Waals surface area contributed by atoms with Crippen molar-refractivity contribution in [2.75, 3.05) is 18.4 Å². The molecule has 1 aliphatic rings. The van der Waals surface area contributed by atoms with Gasteiger partial charge in [-0.25, -0.2) is 0 Å². The molecule has 5 heteroatoms. The van der Waals surface area contributed by atoms with Crippen LogP contribution in [0.5, 0.6) is 5.75 Å². The van der Waals surface area contributed by atoms with Gasteiger partial charge in [-0.2, -0.15) is 0 Å². The molecule has 2 aromatic rings. The number of pyridine rings is 1. The number of carbonyl (C=O) groups excluding carboxylic acids is 1. The number of nitrogens with zero attached hydrogens (tertiary/aromatic N) is 2. The van der Waals surface area contributed by atoms with Crippen molar-refractivity contribution in [2.24, 2.45) is 5.92 Å². The van der Waals surface area contributed by atoms with Crippen LogP contribution in [0.1, 0.15) is 18.5 Å². The van der Waals surface area contributed by atoms with Crippen LogP contribution in [0.25, 0.3) is 0 Å². The lowest BCUT2D eigenvalue weighted by Crippen LogP contribution is -2.37. The molecule has 3 rings (SSSR count). The van der Waals surface area contributed by atoms with Gasteiger partial charge in [-0.15, -0.1) is 0 Å². The molecule has 0 aliphatic carbocycles. The van der Waals surface area contributed by atoms with E-state index in [1.54, 1.807) is 24.3 Å². The number of amides is 1. The first-order valence-corrected chi connectivity index (χ1v) is 7.93. The lowest BCUT2D eigenvalue weighted by molar-refractivity contribution is -0.121. The molecule has 1 aromatic heterocycles. The largest absolute Gasteiger partial charge is 0.506 e. The molecular weight excluding hydrogens is 290 g/mol. The second-order valence-corrected chi connectivity index (χ2v) is 5.88. The Balaban J connectivity index is 1.50. The smallest absolute Gasteiger partial charge is 0.227 e. The molecule has 0 saturated carbocycles. The predicted molar refractivity (Wildman–Crippen MR) is 89.0 cm³/mol. The Hall–Kier alpha value is -2.40. The highest BCUT2D eigenvalue weighted by molar-refractivity contribution is 5.93. The first-order chi connectivity index (χ1) is 11.2. The van der Waals surface area contributed by atoms with Crippen LogP contribution in [-0.2, 0) is 11.3 Å². The zero-order valence-electron chi connectivity index (χ0n) is 13.0. The van der Waals surface area contributed by atoms with Gasteiger partial charge in [0.15, 0.2) is 0 Å². The first kappa shape index (κ1) is 15.5. The minimum absolute atomic E-state index is 0.00501. The molecule has 5 nitrogen and oxygen atoms in total. The fraction of sp³-hybridized carbons (Fsp3) is 0.333. The zero-order chi connectivity index (χ0) is 16.1. The molecule has 23 heavy (non-hydrogen) atoms. The normalized spacial score (nSPS) is 16.2. The van der Waals surface area contributed by atoms with E-state index in [-0.39, 0.29) is 17.6 Å². The van der Waals surface area contributed by atoms with E-state index >= 15 is 0 Å². The molecule has 1 aromatic carbocycles. The average molecular weight is 311 g/mol. The van der Waals surface area contributed by atoms with Gasteiger partial charge in [-0.3, -0.25) is 14.7 Å². The van der Waals surface area contributed by atoms with E-state index in [0.717, 1.165) is 38.2 Å². The summed E-state index contributed by atoms with van der Waals surface area (Å²) in [5.74, 6) is 0.0898. The number of aromatic nitrogens is 1. The number of carbonyl (C=O) groups is 1. The number of phenols is 1. The summed E-state index contributed by atoms with van der Waals surface area (Å²) >= 11 is 0. The summed E-state index contributed by atoms with van der Waals surface area (Å²) in [5.41, 5.74) is 1.54. The van der Waals surface area contributed by atoms with Gasteiger partial charge < -0.3 is 10.4 Å². The maximum atomic E-state index is 12.3. The van der Waals surface area contributed by atoms with E-state index in [4.69, 9.17) is 0 Å². The minimum atomic E-state index is -0.0102. The lowest BCUT2D eigenvalue weighted by atomic mass is 9.95. The van der Waals surface area contributed by atoms with Crippen molar-refractivity contribution in [3.8, 4) is 5.75 Å². The minimum Gasteiger partial charge on any atom is -0.506 e. The van der Waals surface area contributed by atoms with Gasteiger partial charge in [0.1, 0.15) is 5.75 Å². The molecule has 0 bridgehead atoms. The number of aromatic hydroxyl groups is 1. The summed E-state index contributed by atoms with van der Waals surface area (Å²) in [6, 6.07) is 12.8. The molecule has 0 unspecified atom stereocenters. The summed E-state index contributed by atoms with van der Waals surface area (Å²) in [7, 11) is 0. The molecule has 1 saturated heterocycles. The Morgan fingerprint density at radius 1 is 1.17 bits per heavy atom. The van der Waals surface area contributed by atoms with Crippen molar-refractivity contribution >= 4 is 11.6 Å². The Morgan fingerprint density at radius 3 is 2.61 bits per heavy atom. The van der Waals surface area contributed by atoms with Crippen LogP contribution in [0, 0.1) is 5.92 Å². The van der Waals surface area contributed by atoms with Gasteiger partial charge in [0.2, 0.25) is 5.91 Å². The third-order valence-corrected chi connectivity index (χ3v) is 4.23. The van der Waals surface area contributed by atoms with E-state index in [1.807, 2.05) is 24.4 Å². The van der Waals surface area contributed by atoms with Crippen molar-refractivity contribution in [3.05, 3.63) is 54.4 Å². The van der Waals surface area contributed by atoms with Crippen molar-refractivity contribution in [1.29, 1.82) is 0 Å². The van der Waals surface area contributed by atoms with Crippen molar-refractivity contribution < 1.29 is 9.90 Å². The van der Waals surface area contributed by atoms with E-state index in [2.05, 4.69) is 15.2 Å². The van der Waals surface area contributed by atoms with E-state index in [0.29, 0.717) is 5.69 Å². The average Bonchev–Trinajstić information content (AvgIpc) is 2.58. The van der Waals surface area contributed by atoms with Crippen LogP contribution in [0.4, 0.5) is 5.69 Å². The molecule has 1 amide bonds. The van der Waals surface area contributed by atoms with Crippen molar-refractivity contribution in [3.63, 3.8) is 0 Å². The van der Waals surface area contributed by atoms with Crippen LogP contribution in [0.2, 0.25) is 0 Å². The highest BCUT2D eigenvalue weighted by Gasteiger charge is 2.25. The third-order valence-electron chi connectivity index (χ3n) is 4.23. The molecule has 1 fully saturated rings. The summed E-state index contributed by atoms with van der Waals surface area (Å²) < 4.78 is 0. The van der Waals surface area contributed by atoms with Gasteiger partial charge in [-0.05, 0) is 50.2 Å². The van der Waals surface area contributed by atoms with Crippen LogP contribution < -0.4 is 5.32 Å². The quantitative estimate of drug-likeness (QED) is 0.852. The maximum Gasteiger partial charge on any atom is 0.227 e. The summed E-state index contributed by atoms with van der Waals surface area (Å²) in [4.78, 5) is 19.0. The Morgan fingerprint density at radius 2 is 1.91 bits per heavy atom. The monoisotopic (exact) mass is 311 g/mol. The second-order valence-electron chi connectivity index (χ2n) is 5.88. The molecule has 0 radical (unpaired) electrons. The number of anilines is 1. The number of hydrogen-bond acceptors (Lipinski definition) is 4. The number of benzene rings is 1. The van der Waals surface area contributed by atoms with E-state index in [1.165, 1.54) is 0 Å². The van der Waals surface area contributed by atoms with Crippen LogP contribution in [0.3, 0.4) is 0 Å². The Kier molecular flexibility index (Phi) is 4.88. The highest BCUT2D eigenvalue weighted by atomic mass is 16.3. The Labute approximate surface area is 136 Å². The first-order valence-electron chi connectivity index (χ1n) is 7.93. The summed E-state index contributed by atoms with van der Waals surface area (Å²) in [6.45, 7) is 2.60. The molecule has 2 heterocycles. The van der Waals surface area contributed by atoms with Gasteiger partial charge in [0.25, 0.3) is 0 Å². The second kappa shape index (κ2) is 7.24. The molecular formula is C18H21N3O2. The van der Waals surface area contributed by atoms with E-state index in [9.17, 15) is 9.90 Å². The van der Waals surface area contributed by atoms with Gasteiger partial charge in [0.05, 0.1) is 11.4 Å². The van der Waals surface area contributed by atoms with Crippen LogP contribution in [0.15, 0.2) is 48.7 Å². The van der Waals surface area contributed by atoms with Gasteiger partial charge >= 0.3 is 0 Å². The predicted octanol–water partition coefficient (Wildman–Crippen LogP) is 2.64. The molecule has 0 atom stereocenters. The number of piperidine rings is 1. The summed E-state index contributed by atoms with van der Waals surface area (Å²) in [6.07, 6.45) is 3.46. The number of nitrogens with one attached hydrogen (secondary N) is 1. The standard InChI is InChI=1S/C18H21N3O2/c22-17-7-2-1-6-16(17)20-18(23)14-8-11-21(12-9-14)13-15-5-3-4-10-19-15/h1-7,10,14,22H,8-9,11-13H2,(H,20,23). The number of likely N-dealkylation sites (tertiary alicyclic amines) is 1. The summed E-state index contributed by atoms with van der Waals surface area (Å²) in [5, 5.41) is 12.6. The molecule has 120 valence electrons. The maximum absolute atomic E-state index is 12.3. The number of rotatable bonds is 4. The lowest BCUT2D eigenvalue weighted by Gasteiger charge is -2.31. The van der Waals surface area contributed by atoms with Gasteiger partial charge in [-0.1, -0.05) is 18.2 Å². The number of hydrogen-bond donors (Lipinski definition) is 2. The van der Waals surface area contributed by atoms with Crippen molar-refractivity contribution in [1.82, 2.24) is 9.88 Å². The van der Waals surface area contributed by atoms with Gasteiger partial charge in [0, 0.05) is 18.7 Å². The Bertz CT molecular complexity index is 652. The van der Waals surface area contributed by atoms with Crippen molar-refractivity contribution in [2.45, 2.75) is 19.4 Å². The zero-order valence-corrected chi connectivity index (χ0v) is 13.0. The fourth-order valence-electron chi connectivity index (χ4n) is 2.89. The number of para-hydroxylation sites is 2. The van der Waals surface area contributed by atoms with Crippen LogP contribution in [-0.4, -0.2) is 34.0 Å². The highest BCUT2D eigenvalue weighted by Crippen LogP contribution is 2.25. The fourth-order valence-corrected chi connectivity index (χ4v) is 2.89.